The first-order chi connectivity index (χ1) is 8.60. The summed E-state index contributed by atoms with van der Waals surface area (Å²) in [6, 6.07) is 5.18. The second-order valence-electron chi connectivity index (χ2n) is 5.50. The van der Waals surface area contributed by atoms with Gasteiger partial charge in [-0.05, 0) is 57.2 Å². The Morgan fingerprint density at radius 3 is 2.33 bits per heavy atom. The van der Waals surface area contributed by atoms with Gasteiger partial charge in [-0.15, -0.1) is 0 Å². The highest BCUT2D eigenvalue weighted by Crippen LogP contribution is 2.24. The van der Waals surface area contributed by atoms with Crippen molar-refractivity contribution in [2.45, 2.75) is 59.2 Å². The van der Waals surface area contributed by atoms with Crippen LogP contribution in [0.25, 0.3) is 0 Å². The molecular formula is C16H25NO. The fraction of sp³-hybridized carbons (Fsp3) is 0.625. The molecule has 0 saturated heterocycles. The maximum absolute atomic E-state index is 5.58. The zero-order chi connectivity index (χ0) is 13.1. The number of benzene rings is 1. The van der Waals surface area contributed by atoms with Gasteiger partial charge in [0.05, 0.1) is 6.10 Å². The molecule has 0 atom stereocenters. The molecule has 0 aromatic heterocycles. The molecule has 1 saturated carbocycles. The van der Waals surface area contributed by atoms with Crippen molar-refractivity contribution in [3.63, 3.8) is 0 Å². The molecule has 0 spiro atoms. The molecule has 18 heavy (non-hydrogen) atoms. The van der Waals surface area contributed by atoms with Gasteiger partial charge in [0, 0.05) is 19.2 Å². The summed E-state index contributed by atoms with van der Waals surface area (Å²) < 4.78 is 5.58. The number of ether oxygens (including phenoxy) is 1. The molecule has 1 aromatic rings. The lowest BCUT2D eigenvalue weighted by atomic mass is 9.88. The molecule has 0 amide bonds. The summed E-state index contributed by atoms with van der Waals surface area (Å²) in [5.74, 6) is 0. The van der Waals surface area contributed by atoms with Crippen molar-refractivity contribution in [2.24, 2.45) is 0 Å². The third-order valence-corrected chi connectivity index (χ3v) is 3.91. The molecule has 2 heteroatoms. The molecule has 1 N–H and O–H groups in total. The van der Waals surface area contributed by atoms with Crippen molar-refractivity contribution in [2.75, 3.05) is 6.61 Å². The first kappa shape index (κ1) is 13.6. The van der Waals surface area contributed by atoms with Gasteiger partial charge >= 0.3 is 0 Å². The maximum Gasteiger partial charge on any atom is 0.0604 e. The summed E-state index contributed by atoms with van der Waals surface area (Å²) in [6.07, 6.45) is 2.82. The predicted octanol–water partition coefficient (Wildman–Crippen LogP) is 3.27. The van der Waals surface area contributed by atoms with Crippen LogP contribution in [0.15, 0.2) is 12.1 Å². The lowest BCUT2D eigenvalue weighted by molar-refractivity contribution is -0.0102. The Morgan fingerprint density at radius 2 is 1.78 bits per heavy atom. The zero-order valence-electron chi connectivity index (χ0n) is 12.0. The highest BCUT2D eigenvalue weighted by molar-refractivity contribution is 5.37. The summed E-state index contributed by atoms with van der Waals surface area (Å²) in [5.41, 5.74) is 5.62. The van der Waals surface area contributed by atoms with Crippen LogP contribution in [0.2, 0.25) is 0 Å². The lowest BCUT2D eigenvalue weighted by Crippen LogP contribution is -2.45. The number of nitrogens with one attached hydrogen (secondary N) is 1. The number of aryl methyl sites for hydroxylation is 3. The van der Waals surface area contributed by atoms with Gasteiger partial charge in [-0.3, -0.25) is 0 Å². The first-order valence-corrected chi connectivity index (χ1v) is 7.01. The summed E-state index contributed by atoms with van der Waals surface area (Å²) >= 11 is 0. The summed E-state index contributed by atoms with van der Waals surface area (Å²) in [5, 5.41) is 3.64. The fourth-order valence-electron chi connectivity index (χ4n) is 2.84. The van der Waals surface area contributed by atoms with Gasteiger partial charge < -0.3 is 10.1 Å². The van der Waals surface area contributed by atoms with Crippen molar-refractivity contribution in [1.29, 1.82) is 0 Å². The Balaban J connectivity index is 1.85. The van der Waals surface area contributed by atoms with Crippen LogP contribution in [-0.2, 0) is 11.3 Å². The van der Waals surface area contributed by atoms with Crippen molar-refractivity contribution in [3.8, 4) is 0 Å². The van der Waals surface area contributed by atoms with E-state index in [9.17, 15) is 0 Å². The third-order valence-electron chi connectivity index (χ3n) is 3.91. The van der Waals surface area contributed by atoms with Crippen molar-refractivity contribution in [3.05, 3.63) is 34.4 Å². The Hall–Kier alpha value is -0.860. The minimum absolute atomic E-state index is 0.493. The molecule has 2 rings (SSSR count). The lowest BCUT2D eigenvalue weighted by Gasteiger charge is -2.35. The van der Waals surface area contributed by atoms with Gasteiger partial charge in [-0.2, -0.15) is 0 Å². The number of hydrogen-bond acceptors (Lipinski definition) is 2. The van der Waals surface area contributed by atoms with E-state index in [0.717, 1.165) is 26.0 Å². The normalized spacial score (nSPS) is 22.9. The van der Waals surface area contributed by atoms with E-state index >= 15 is 0 Å². The summed E-state index contributed by atoms with van der Waals surface area (Å²) in [7, 11) is 0. The van der Waals surface area contributed by atoms with E-state index in [1.165, 1.54) is 22.3 Å². The van der Waals surface area contributed by atoms with E-state index in [2.05, 4.69) is 45.1 Å². The number of rotatable bonds is 5. The van der Waals surface area contributed by atoms with Crippen LogP contribution < -0.4 is 5.32 Å². The third kappa shape index (κ3) is 3.12. The van der Waals surface area contributed by atoms with Gasteiger partial charge in [0.2, 0.25) is 0 Å². The van der Waals surface area contributed by atoms with Crippen LogP contribution in [0.5, 0.6) is 0 Å². The molecule has 1 fully saturated rings. The molecule has 0 unspecified atom stereocenters. The van der Waals surface area contributed by atoms with E-state index in [4.69, 9.17) is 4.74 Å². The van der Waals surface area contributed by atoms with Gasteiger partial charge in [0.1, 0.15) is 0 Å². The van der Waals surface area contributed by atoms with E-state index < -0.39 is 0 Å². The first-order valence-electron chi connectivity index (χ1n) is 7.01. The molecule has 0 bridgehead atoms. The van der Waals surface area contributed by atoms with Crippen molar-refractivity contribution < 1.29 is 4.74 Å². The van der Waals surface area contributed by atoms with E-state index in [1.807, 2.05) is 0 Å². The maximum atomic E-state index is 5.58. The van der Waals surface area contributed by atoms with E-state index in [0.29, 0.717) is 12.1 Å². The molecule has 1 aliphatic carbocycles. The Bertz CT molecular complexity index is 385. The van der Waals surface area contributed by atoms with Gasteiger partial charge in [-0.1, -0.05) is 17.7 Å². The second-order valence-corrected chi connectivity index (χ2v) is 5.50. The summed E-state index contributed by atoms with van der Waals surface area (Å²) in [6.45, 7) is 10.5. The van der Waals surface area contributed by atoms with Crippen LogP contribution >= 0.6 is 0 Å². The highest BCUT2D eigenvalue weighted by Gasteiger charge is 2.28. The highest BCUT2D eigenvalue weighted by atomic mass is 16.5. The summed E-state index contributed by atoms with van der Waals surface area (Å²) in [4.78, 5) is 0. The molecular weight excluding hydrogens is 222 g/mol. The molecule has 0 aliphatic heterocycles. The van der Waals surface area contributed by atoms with Crippen LogP contribution in [0.1, 0.15) is 42.0 Å². The van der Waals surface area contributed by atoms with Crippen LogP contribution in [0, 0.1) is 20.8 Å². The number of hydrogen-bond donors (Lipinski definition) is 1. The van der Waals surface area contributed by atoms with Crippen LogP contribution in [-0.4, -0.2) is 18.8 Å². The minimum Gasteiger partial charge on any atom is -0.378 e. The smallest absolute Gasteiger partial charge is 0.0604 e. The molecule has 0 heterocycles. The Morgan fingerprint density at radius 1 is 1.17 bits per heavy atom. The van der Waals surface area contributed by atoms with Crippen molar-refractivity contribution in [1.82, 2.24) is 5.32 Å². The topological polar surface area (TPSA) is 21.3 Å². The fourth-order valence-corrected chi connectivity index (χ4v) is 2.84. The van der Waals surface area contributed by atoms with Gasteiger partial charge in [0.25, 0.3) is 0 Å². The zero-order valence-corrected chi connectivity index (χ0v) is 12.0. The predicted molar refractivity (Wildman–Crippen MR) is 75.9 cm³/mol. The van der Waals surface area contributed by atoms with E-state index in [-0.39, 0.29) is 0 Å². The molecule has 100 valence electrons. The molecule has 0 radical (unpaired) electrons. The average Bonchev–Trinajstić information content (AvgIpc) is 2.23. The van der Waals surface area contributed by atoms with Crippen LogP contribution in [0.4, 0.5) is 0 Å². The Labute approximate surface area is 111 Å². The van der Waals surface area contributed by atoms with Gasteiger partial charge in [-0.25, -0.2) is 0 Å². The monoisotopic (exact) mass is 247 g/mol. The van der Waals surface area contributed by atoms with Gasteiger partial charge in [0.15, 0.2) is 0 Å². The SMILES string of the molecule is CCOC1CC(NCc2c(C)cc(C)cc2C)C1. The average molecular weight is 247 g/mol. The quantitative estimate of drug-likeness (QED) is 0.862. The standard InChI is InChI=1S/C16H25NO/c1-5-18-15-8-14(9-15)17-10-16-12(3)6-11(2)7-13(16)4/h6-7,14-15,17H,5,8-10H2,1-4H3. The van der Waals surface area contributed by atoms with Crippen LogP contribution in [0.3, 0.4) is 0 Å². The second kappa shape index (κ2) is 5.85. The van der Waals surface area contributed by atoms with Crippen molar-refractivity contribution >= 4 is 0 Å². The minimum atomic E-state index is 0.493. The Kier molecular flexibility index (Phi) is 4.41. The van der Waals surface area contributed by atoms with E-state index in [1.54, 1.807) is 0 Å². The molecule has 2 nitrogen and oxygen atoms in total. The largest absolute Gasteiger partial charge is 0.378 e. The molecule has 1 aromatic carbocycles. The molecule has 1 aliphatic rings.